The largest absolute Gasteiger partial charge is 0.462 e. The SMILES string of the molecule is CCOC(=O)c1sc(-c2ccc(Br)cc2Br)c(C)c1N. The van der Waals surface area contributed by atoms with Crippen molar-refractivity contribution in [3.05, 3.63) is 37.6 Å². The Morgan fingerprint density at radius 3 is 2.70 bits per heavy atom. The molecule has 0 saturated carbocycles. The van der Waals surface area contributed by atoms with Crippen LogP contribution >= 0.6 is 43.2 Å². The van der Waals surface area contributed by atoms with Crippen LogP contribution in [0.25, 0.3) is 10.4 Å². The lowest BCUT2D eigenvalue weighted by molar-refractivity contribution is 0.0533. The van der Waals surface area contributed by atoms with Gasteiger partial charge in [0.05, 0.1) is 12.3 Å². The Morgan fingerprint density at radius 2 is 2.10 bits per heavy atom. The zero-order chi connectivity index (χ0) is 14.9. The Hall–Kier alpha value is -0.850. The number of thiophene rings is 1. The zero-order valence-electron chi connectivity index (χ0n) is 11.0. The molecule has 0 saturated heterocycles. The summed E-state index contributed by atoms with van der Waals surface area (Å²) in [5.74, 6) is -0.363. The van der Waals surface area contributed by atoms with Crippen LogP contribution in [0.2, 0.25) is 0 Å². The van der Waals surface area contributed by atoms with Gasteiger partial charge in [-0.2, -0.15) is 0 Å². The van der Waals surface area contributed by atoms with Gasteiger partial charge < -0.3 is 10.5 Å². The predicted molar refractivity (Wildman–Crippen MR) is 90.3 cm³/mol. The van der Waals surface area contributed by atoms with Crippen molar-refractivity contribution in [1.82, 2.24) is 0 Å². The summed E-state index contributed by atoms with van der Waals surface area (Å²) in [4.78, 5) is 13.3. The number of nitrogens with two attached hydrogens (primary N) is 1. The summed E-state index contributed by atoms with van der Waals surface area (Å²) in [5.41, 5.74) is 8.45. The van der Waals surface area contributed by atoms with Crippen molar-refractivity contribution in [2.45, 2.75) is 13.8 Å². The van der Waals surface area contributed by atoms with Gasteiger partial charge in [0.15, 0.2) is 0 Å². The zero-order valence-corrected chi connectivity index (χ0v) is 15.0. The van der Waals surface area contributed by atoms with Gasteiger partial charge in [-0.3, -0.25) is 0 Å². The van der Waals surface area contributed by atoms with Gasteiger partial charge >= 0.3 is 5.97 Å². The number of carbonyl (C=O) groups excluding carboxylic acids is 1. The van der Waals surface area contributed by atoms with Crippen LogP contribution in [0, 0.1) is 6.92 Å². The molecule has 0 unspecified atom stereocenters. The molecule has 1 aromatic carbocycles. The van der Waals surface area contributed by atoms with Crippen LogP contribution in [0.15, 0.2) is 27.1 Å². The van der Waals surface area contributed by atoms with E-state index in [4.69, 9.17) is 10.5 Å². The molecule has 106 valence electrons. The summed E-state index contributed by atoms with van der Waals surface area (Å²) >= 11 is 8.33. The van der Waals surface area contributed by atoms with E-state index in [0.29, 0.717) is 17.2 Å². The van der Waals surface area contributed by atoms with Gasteiger partial charge in [0.25, 0.3) is 0 Å². The van der Waals surface area contributed by atoms with Crippen molar-refractivity contribution in [2.75, 3.05) is 12.3 Å². The molecule has 0 aliphatic heterocycles. The summed E-state index contributed by atoms with van der Waals surface area (Å²) in [5, 5.41) is 0. The molecule has 20 heavy (non-hydrogen) atoms. The van der Waals surface area contributed by atoms with E-state index >= 15 is 0 Å². The van der Waals surface area contributed by atoms with Crippen LogP contribution in [-0.4, -0.2) is 12.6 Å². The first-order valence-corrected chi connectivity index (χ1v) is 8.37. The van der Waals surface area contributed by atoms with Crippen molar-refractivity contribution in [3.8, 4) is 10.4 Å². The molecular formula is C14H13Br2NO2S. The predicted octanol–water partition coefficient (Wildman–Crippen LogP) is 5.01. The first-order chi connectivity index (χ1) is 9.45. The first-order valence-electron chi connectivity index (χ1n) is 5.97. The van der Waals surface area contributed by atoms with Crippen molar-refractivity contribution in [3.63, 3.8) is 0 Å². The van der Waals surface area contributed by atoms with Gasteiger partial charge in [-0.25, -0.2) is 4.79 Å². The molecule has 2 aromatic rings. The minimum Gasteiger partial charge on any atom is -0.462 e. The number of hydrogen-bond donors (Lipinski definition) is 1. The van der Waals surface area contributed by atoms with Crippen molar-refractivity contribution >= 4 is 54.9 Å². The molecule has 0 spiro atoms. The van der Waals surface area contributed by atoms with Crippen molar-refractivity contribution in [2.24, 2.45) is 0 Å². The average molecular weight is 419 g/mol. The maximum atomic E-state index is 11.9. The molecule has 0 bridgehead atoms. The molecule has 0 aliphatic carbocycles. The molecule has 0 amide bonds. The minimum atomic E-state index is -0.363. The van der Waals surface area contributed by atoms with E-state index in [2.05, 4.69) is 31.9 Å². The van der Waals surface area contributed by atoms with Crippen LogP contribution in [0.1, 0.15) is 22.2 Å². The van der Waals surface area contributed by atoms with Gasteiger partial charge in [0, 0.05) is 19.4 Å². The Balaban J connectivity index is 2.53. The van der Waals surface area contributed by atoms with Gasteiger partial charge in [0.2, 0.25) is 0 Å². The van der Waals surface area contributed by atoms with E-state index in [-0.39, 0.29) is 5.97 Å². The Morgan fingerprint density at radius 1 is 1.40 bits per heavy atom. The summed E-state index contributed by atoms with van der Waals surface area (Å²) in [6.07, 6.45) is 0. The Labute approximate surface area is 138 Å². The van der Waals surface area contributed by atoms with Crippen LogP contribution in [0.4, 0.5) is 5.69 Å². The molecule has 1 heterocycles. The second-order valence-corrected chi connectivity index (χ2v) is 6.93. The highest BCUT2D eigenvalue weighted by molar-refractivity contribution is 9.11. The Bertz CT molecular complexity index is 667. The second-order valence-electron chi connectivity index (χ2n) is 4.14. The van der Waals surface area contributed by atoms with Crippen molar-refractivity contribution < 1.29 is 9.53 Å². The number of halogens is 2. The van der Waals surface area contributed by atoms with Crippen LogP contribution in [0.3, 0.4) is 0 Å². The van der Waals surface area contributed by atoms with Gasteiger partial charge in [-0.15, -0.1) is 11.3 Å². The molecule has 2 rings (SSSR count). The summed E-state index contributed by atoms with van der Waals surface area (Å²) in [6.45, 7) is 4.03. The smallest absolute Gasteiger partial charge is 0.350 e. The number of anilines is 1. The summed E-state index contributed by atoms with van der Waals surface area (Å²) in [7, 11) is 0. The standard InChI is InChI=1S/C14H13Br2NO2S/c1-3-19-14(18)13-11(17)7(2)12(20-13)9-5-4-8(15)6-10(9)16/h4-6H,3,17H2,1-2H3. The fraction of sp³-hybridized carbons (Fsp3) is 0.214. The lowest BCUT2D eigenvalue weighted by atomic mass is 10.1. The third-order valence-corrected chi connectivity index (χ3v) is 5.30. The van der Waals surface area contributed by atoms with Gasteiger partial charge in [-0.1, -0.05) is 37.9 Å². The number of ether oxygens (including phenoxy) is 1. The summed E-state index contributed by atoms with van der Waals surface area (Å²) in [6, 6.07) is 5.91. The molecule has 3 nitrogen and oxygen atoms in total. The topological polar surface area (TPSA) is 52.3 Å². The third kappa shape index (κ3) is 2.92. The van der Waals surface area contributed by atoms with Crippen LogP contribution < -0.4 is 5.73 Å². The molecule has 1 aromatic heterocycles. The maximum Gasteiger partial charge on any atom is 0.350 e. The van der Waals surface area contributed by atoms with E-state index in [9.17, 15) is 4.79 Å². The number of rotatable bonds is 3. The molecule has 0 atom stereocenters. The number of esters is 1. The molecule has 6 heteroatoms. The number of nitrogen functional groups attached to an aromatic ring is 1. The molecule has 0 fully saturated rings. The maximum absolute atomic E-state index is 11.9. The number of carbonyl (C=O) groups is 1. The highest BCUT2D eigenvalue weighted by atomic mass is 79.9. The number of hydrogen-bond acceptors (Lipinski definition) is 4. The molecule has 0 radical (unpaired) electrons. The van der Waals surface area contributed by atoms with Crippen LogP contribution in [0.5, 0.6) is 0 Å². The quantitative estimate of drug-likeness (QED) is 0.713. The third-order valence-electron chi connectivity index (χ3n) is 2.83. The average Bonchev–Trinajstić information content (AvgIpc) is 2.67. The fourth-order valence-electron chi connectivity index (χ4n) is 1.81. The lowest BCUT2D eigenvalue weighted by Crippen LogP contribution is -2.05. The molecule has 0 aliphatic rings. The highest BCUT2D eigenvalue weighted by Gasteiger charge is 2.21. The van der Waals surface area contributed by atoms with Crippen molar-refractivity contribution in [1.29, 1.82) is 0 Å². The van der Waals surface area contributed by atoms with E-state index in [1.165, 1.54) is 11.3 Å². The monoisotopic (exact) mass is 417 g/mol. The van der Waals surface area contributed by atoms with Gasteiger partial charge in [0.1, 0.15) is 4.88 Å². The van der Waals surface area contributed by atoms with Gasteiger partial charge in [-0.05, 0) is 31.5 Å². The Kier molecular flexibility index (Phi) is 4.88. The van der Waals surface area contributed by atoms with E-state index in [0.717, 1.165) is 24.9 Å². The van der Waals surface area contributed by atoms with Crippen LogP contribution in [-0.2, 0) is 4.74 Å². The van der Waals surface area contributed by atoms with E-state index in [1.807, 2.05) is 25.1 Å². The highest BCUT2D eigenvalue weighted by Crippen LogP contribution is 2.41. The molecular weight excluding hydrogens is 406 g/mol. The van der Waals surface area contributed by atoms with E-state index in [1.54, 1.807) is 6.92 Å². The number of benzene rings is 1. The first kappa shape index (κ1) is 15.5. The second kappa shape index (κ2) is 6.28. The fourth-order valence-corrected chi connectivity index (χ4v) is 4.34. The summed E-state index contributed by atoms with van der Waals surface area (Å²) < 4.78 is 6.97. The minimum absolute atomic E-state index is 0.340. The normalized spacial score (nSPS) is 10.6. The lowest BCUT2D eigenvalue weighted by Gasteiger charge is -2.04. The van der Waals surface area contributed by atoms with E-state index < -0.39 is 0 Å². The molecule has 2 N–H and O–H groups in total.